The quantitative estimate of drug-likeness (QED) is 0.529. The van der Waals surface area contributed by atoms with Gasteiger partial charge in [-0.25, -0.2) is 0 Å². The minimum atomic E-state index is -0.286. The molecule has 0 aliphatic rings. The highest BCUT2D eigenvalue weighted by Crippen LogP contribution is 2.18. The van der Waals surface area contributed by atoms with Crippen molar-refractivity contribution in [2.24, 2.45) is 0 Å². The van der Waals surface area contributed by atoms with Gasteiger partial charge in [-0.1, -0.05) is 15.9 Å². The number of nitrogens with one attached hydrogen (secondary N) is 1. The summed E-state index contributed by atoms with van der Waals surface area (Å²) in [6, 6.07) is 5.20. The molecule has 0 unspecified atom stereocenters. The molecule has 0 atom stereocenters. The normalized spacial score (nSPS) is 9.83. The van der Waals surface area contributed by atoms with Crippen LogP contribution in [0.15, 0.2) is 22.7 Å². The van der Waals surface area contributed by atoms with Crippen molar-refractivity contribution in [2.45, 2.75) is 0 Å². The van der Waals surface area contributed by atoms with E-state index in [2.05, 4.69) is 15.9 Å². The zero-order chi connectivity index (χ0) is 9.14. The lowest BCUT2D eigenvalue weighted by molar-refractivity contribution is 0.357. The van der Waals surface area contributed by atoms with Crippen molar-refractivity contribution >= 4 is 27.3 Å². The van der Waals surface area contributed by atoms with E-state index >= 15 is 0 Å². The van der Waals surface area contributed by atoms with Gasteiger partial charge in [-0.3, -0.25) is 0 Å². The Morgan fingerprint density at radius 2 is 2.25 bits per heavy atom. The first kappa shape index (κ1) is 9.22. The Morgan fingerprint density at radius 1 is 1.58 bits per heavy atom. The molecule has 0 spiro atoms. The number of hydrogen-bond acceptors (Lipinski definition) is 3. The maximum atomic E-state index is 8.69. The van der Waals surface area contributed by atoms with Gasteiger partial charge in [0.25, 0.3) is 0 Å². The molecule has 1 rings (SSSR count). The van der Waals surface area contributed by atoms with Gasteiger partial charge in [0.15, 0.2) is 0 Å². The Labute approximate surface area is 78.8 Å². The minimum absolute atomic E-state index is 0.139. The minimum Gasteiger partial charge on any atom is -0.398 e. The van der Waals surface area contributed by atoms with E-state index in [0.29, 0.717) is 11.3 Å². The first-order valence-electron chi connectivity index (χ1n) is 3.39. The fraction of sp³-hybridized carbons (Fsp3) is 0.125. The maximum absolute atomic E-state index is 8.69. The smallest absolute Gasteiger partial charge is 0.0852 e. The van der Waals surface area contributed by atoms with E-state index in [-0.39, 0.29) is 12.3 Å². The molecule has 0 bridgehead atoms. The van der Waals surface area contributed by atoms with Crippen LogP contribution in [0.1, 0.15) is 5.56 Å². The molecule has 1 aromatic rings. The summed E-state index contributed by atoms with van der Waals surface area (Å²) in [6.45, 7) is -0.286. The number of hydrogen-bond donors (Lipinski definition) is 3. The van der Waals surface area contributed by atoms with Gasteiger partial charge in [0.1, 0.15) is 0 Å². The van der Waals surface area contributed by atoms with Crippen molar-refractivity contribution in [3.63, 3.8) is 0 Å². The summed E-state index contributed by atoms with van der Waals surface area (Å²) < 4.78 is 0.870. The highest BCUT2D eigenvalue weighted by Gasteiger charge is 2.03. The van der Waals surface area contributed by atoms with E-state index in [1.807, 2.05) is 0 Å². The highest BCUT2D eigenvalue weighted by atomic mass is 79.9. The molecular formula is C8H9BrN2O. The molecule has 0 aromatic heterocycles. The lowest BCUT2D eigenvalue weighted by Gasteiger charge is -2.04. The summed E-state index contributed by atoms with van der Waals surface area (Å²) in [4.78, 5) is 0. The summed E-state index contributed by atoms with van der Waals surface area (Å²) in [5.41, 5.74) is 6.84. The molecule has 0 aliphatic heterocycles. The predicted octanol–water partition coefficient (Wildman–Crippen LogP) is 1.39. The van der Waals surface area contributed by atoms with Gasteiger partial charge in [0.05, 0.1) is 12.3 Å². The van der Waals surface area contributed by atoms with Crippen molar-refractivity contribution < 1.29 is 5.11 Å². The second-order valence-corrected chi connectivity index (χ2v) is 3.28. The van der Waals surface area contributed by atoms with Gasteiger partial charge in [0, 0.05) is 15.7 Å². The fourth-order valence-corrected chi connectivity index (χ4v) is 1.27. The SMILES string of the molecule is N=C(CO)c1ccc(Br)cc1N. The molecule has 0 amide bonds. The molecule has 0 radical (unpaired) electrons. The molecule has 0 saturated carbocycles. The van der Waals surface area contributed by atoms with Crippen molar-refractivity contribution in [2.75, 3.05) is 12.3 Å². The van der Waals surface area contributed by atoms with Crippen LogP contribution in [0.4, 0.5) is 5.69 Å². The van der Waals surface area contributed by atoms with Gasteiger partial charge >= 0.3 is 0 Å². The number of aliphatic hydroxyl groups is 1. The number of nitrogen functional groups attached to an aromatic ring is 1. The number of halogens is 1. The van der Waals surface area contributed by atoms with Crippen LogP contribution in [-0.2, 0) is 0 Å². The summed E-state index contributed by atoms with van der Waals surface area (Å²) in [5, 5.41) is 16.0. The molecule has 64 valence electrons. The van der Waals surface area contributed by atoms with Crippen LogP contribution in [0.5, 0.6) is 0 Å². The number of anilines is 1. The molecule has 0 aliphatic carbocycles. The number of aliphatic hydroxyl groups excluding tert-OH is 1. The Morgan fingerprint density at radius 3 is 2.75 bits per heavy atom. The molecule has 4 N–H and O–H groups in total. The predicted molar refractivity (Wildman–Crippen MR) is 52.5 cm³/mol. The number of rotatable bonds is 2. The first-order chi connectivity index (χ1) is 5.65. The van der Waals surface area contributed by atoms with E-state index in [1.54, 1.807) is 18.2 Å². The fourth-order valence-electron chi connectivity index (χ4n) is 0.894. The lowest BCUT2D eigenvalue weighted by Crippen LogP contribution is -2.07. The van der Waals surface area contributed by atoms with Crippen LogP contribution in [0.25, 0.3) is 0 Å². The Hall–Kier alpha value is -0.870. The summed E-state index contributed by atoms with van der Waals surface area (Å²) in [6.07, 6.45) is 0. The number of benzene rings is 1. The van der Waals surface area contributed by atoms with Gasteiger partial charge in [-0.15, -0.1) is 0 Å². The van der Waals surface area contributed by atoms with Crippen LogP contribution in [0, 0.1) is 5.41 Å². The average molecular weight is 229 g/mol. The summed E-state index contributed by atoms with van der Waals surface area (Å²) in [7, 11) is 0. The molecule has 0 saturated heterocycles. The van der Waals surface area contributed by atoms with E-state index in [9.17, 15) is 0 Å². The highest BCUT2D eigenvalue weighted by molar-refractivity contribution is 9.10. The Bertz CT molecular complexity index is 312. The zero-order valence-corrected chi connectivity index (χ0v) is 7.93. The van der Waals surface area contributed by atoms with Gasteiger partial charge in [-0.2, -0.15) is 0 Å². The van der Waals surface area contributed by atoms with Crippen molar-refractivity contribution in [3.8, 4) is 0 Å². The van der Waals surface area contributed by atoms with Crippen molar-refractivity contribution in [3.05, 3.63) is 28.2 Å². The molecule has 0 heterocycles. The molecular weight excluding hydrogens is 220 g/mol. The summed E-state index contributed by atoms with van der Waals surface area (Å²) in [5.74, 6) is 0. The first-order valence-corrected chi connectivity index (χ1v) is 4.18. The number of nitrogens with two attached hydrogens (primary N) is 1. The van der Waals surface area contributed by atoms with E-state index in [0.717, 1.165) is 4.47 Å². The van der Waals surface area contributed by atoms with E-state index < -0.39 is 0 Å². The van der Waals surface area contributed by atoms with Gasteiger partial charge in [-0.05, 0) is 18.2 Å². The van der Waals surface area contributed by atoms with E-state index in [1.165, 1.54) is 0 Å². The second kappa shape index (κ2) is 3.69. The summed E-state index contributed by atoms with van der Waals surface area (Å²) >= 11 is 3.25. The van der Waals surface area contributed by atoms with Gasteiger partial charge < -0.3 is 16.2 Å². The Balaban J connectivity index is 3.09. The Kier molecular flexibility index (Phi) is 2.83. The second-order valence-electron chi connectivity index (χ2n) is 2.37. The maximum Gasteiger partial charge on any atom is 0.0852 e. The molecule has 0 fully saturated rings. The average Bonchev–Trinajstić information content (AvgIpc) is 2.03. The third kappa shape index (κ3) is 1.84. The van der Waals surface area contributed by atoms with Gasteiger partial charge in [0.2, 0.25) is 0 Å². The molecule has 4 heteroatoms. The van der Waals surface area contributed by atoms with Crippen molar-refractivity contribution in [1.29, 1.82) is 5.41 Å². The lowest BCUT2D eigenvalue weighted by atomic mass is 10.1. The molecule has 1 aromatic carbocycles. The van der Waals surface area contributed by atoms with Crippen LogP contribution in [-0.4, -0.2) is 17.4 Å². The molecule has 12 heavy (non-hydrogen) atoms. The topological polar surface area (TPSA) is 70.1 Å². The largest absolute Gasteiger partial charge is 0.398 e. The third-order valence-electron chi connectivity index (χ3n) is 1.50. The van der Waals surface area contributed by atoms with Crippen LogP contribution < -0.4 is 5.73 Å². The van der Waals surface area contributed by atoms with Crippen LogP contribution in [0.2, 0.25) is 0 Å². The van der Waals surface area contributed by atoms with Crippen LogP contribution >= 0.6 is 15.9 Å². The standard InChI is InChI=1S/C8H9BrN2O/c9-5-1-2-6(7(10)3-5)8(11)4-12/h1-3,11-12H,4,10H2. The monoisotopic (exact) mass is 228 g/mol. The van der Waals surface area contributed by atoms with Crippen molar-refractivity contribution in [1.82, 2.24) is 0 Å². The van der Waals surface area contributed by atoms with Crippen LogP contribution in [0.3, 0.4) is 0 Å². The molecule has 3 nitrogen and oxygen atoms in total. The third-order valence-corrected chi connectivity index (χ3v) is 1.99. The zero-order valence-electron chi connectivity index (χ0n) is 6.34. The van der Waals surface area contributed by atoms with E-state index in [4.69, 9.17) is 16.2 Å².